The van der Waals surface area contributed by atoms with Gasteiger partial charge < -0.3 is 0 Å². The van der Waals surface area contributed by atoms with Gasteiger partial charge in [0.2, 0.25) is 0 Å². The van der Waals surface area contributed by atoms with Crippen molar-refractivity contribution < 1.29 is 0 Å². The summed E-state index contributed by atoms with van der Waals surface area (Å²) in [5.74, 6) is 0. The van der Waals surface area contributed by atoms with Gasteiger partial charge in [-0.2, -0.15) is 0 Å². The fourth-order valence-corrected chi connectivity index (χ4v) is 10.6. The fourth-order valence-electron chi connectivity index (χ4n) is 7.40. The van der Waals surface area contributed by atoms with Crippen LogP contribution in [-0.4, -0.2) is 0 Å². The zero-order valence-corrected chi connectivity index (χ0v) is 31.3. The van der Waals surface area contributed by atoms with Crippen LogP contribution in [0.25, 0.3) is 0 Å². The minimum Gasteiger partial charge on any atom is -0.0839 e. The molecule has 2 aliphatic rings. The SMILES string of the molecule is Ic1ccccc1C1(c2ccccc2I)C2=C(CCC=C2)C(c2ccccc2I)(c2ccccc2I)c2ccccc21. The Labute approximate surface area is 302 Å². The molecule has 0 N–H and O–H groups in total. The highest BCUT2D eigenvalue weighted by Crippen LogP contribution is 2.63. The van der Waals surface area contributed by atoms with E-state index < -0.39 is 10.8 Å². The molecule has 0 aliphatic heterocycles. The van der Waals surface area contributed by atoms with Crippen molar-refractivity contribution in [3.8, 4) is 0 Å². The van der Waals surface area contributed by atoms with E-state index in [0.29, 0.717) is 0 Å². The highest BCUT2D eigenvalue weighted by molar-refractivity contribution is 14.1. The lowest BCUT2D eigenvalue weighted by molar-refractivity contribution is 0.570. The number of rotatable bonds is 4. The molecule has 7 rings (SSSR count). The van der Waals surface area contributed by atoms with Crippen LogP contribution < -0.4 is 0 Å². The van der Waals surface area contributed by atoms with Gasteiger partial charge in [-0.3, -0.25) is 0 Å². The van der Waals surface area contributed by atoms with Crippen molar-refractivity contribution in [3.05, 3.63) is 192 Å². The molecule has 0 saturated carbocycles. The number of benzene rings is 5. The number of halogens is 4. The predicted octanol–water partition coefficient (Wildman–Crippen LogP) is 11.4. The van der Waals surface area contributed by atoms with Crippen LogP contribution in [0.3, 0.4) is 0 Å². The van der Waals surface area contributed by atoms with Crippen LogP contribution in [0, 0.1) is 14.3 Å². The Morgan fingerprint density at radius 1 is 0.405 bits per heavy atom. The summed E-state index contributed by atoms with van der Waals surface area (Å²) in [6, 6.07) is 45.4. The summed E-state index contributed by atoms with van der Waals surface area (Å²) in [5.41, 5.74) is 10.2. The Morgan fingerprint density at radius 2 is 0.738 bits per heavy atom. The number of hydrogen-bond donors (Lipinski definition) is 0. The number of fused-ring (bicyclic) bond motifs is 1. The Hall–Kier alpha value is -1.50. The van der Waals surface area contributed by atoms with Gasteiger partial charge in [0, 0.05) is 14.3 Å². The summed E-state index contributed by atoms with van der Waals surface area (Å²) in [4.78, 5) is 0. The van der Waals surface area contributed by atoms with Crippen LogP contribution in [0.15, 0.2) is 145 Å². The highest BCUT2D eigenvalue weighted by Gasteiger charge is 2.56. The topological polar surface area (TPSA) is 0 Å². The van der Waals surface area contributed by atoms with Crippen LogP contribution in [0.2, 0.25) is 0 Å². The van der Waals surface area contributed by atoms with E-state index >= 15 is 0 Å². The first-order chi connectivity index (χ1) is 20.5. The van der Waals surface area contributed by atoms with Crippen LogP contribution in [-0.2, 0) is 10.8 Å². The van der Waals surface area contributed by atoms with Crippen LogP contribution in [0.1, 0.15) is 46.2 Å². The van der Waals surface area contributed by atoms with Gasteiger partial charge in [-0.15, -0.1) is 0 Å². The molecule has 5 aromatic carbocycles. The second-order valence-electron chi connectivity index (χ2n) is 10.8. The molecule has 0 saturated heterocycles. The van der Waals surface area contributed by atoms with Crippen molar-refractivity contribution in [3.63, 3.8) is 0 Å². The smallest absolute Gasteiger partial charge is 0.0725 e. The first-order valence-electron chi connectivity index (χ1n) is 14.0. The van der Waals surface area contributed by atoms with Gasteiger partial charge in [-0.25, -0.2) is 0 Å². The first kappa shape index (κ1) is 29.2. The van der Waals surface area contributed by atoms with Crippen molar-refractivity contribution in [2.24, 2.45) is 0 Å². The standard InChI is InChI=1S/C38H26I4/c39-33-21-9-5-17-29(33)37(30-18-6-10-22-34(30)40)25-13-1-2-14-26(25)38(28-16-4-3-15-27(28)37,31-19-7-11-23-35(31)41)32-20-8-12-24-36(32)42/h1-3,5-15,17-24H,4,16H2. The van der Waals surface area contributed by atoms with Crippen LogP contribution in [0.4, 0.5) is 0 Å². The fraction of sp³-hybridized carbons (Fsp3) is 0.105. The molecule has 0 bridgehead atoms. The summed E-state index contributed by atoms with van der Waals surface area (Å²) in [6.07, 6.45) is 6.92. The molecule has 42 heavy (non-hydrogen) atoms. The van der Waals surface area contributed by atoms with Gasteiger partial charge in [0.15, 0.2) is 0 Å². The molecule has 206 valence electrons. The molecular formula is C38H26I4. The molecule has 2 aliphatic carbocycles. The van der Waals surface area contributed by atoms with Gasteiger partial charge >= 0.3 is 0 Å². The molecule has 0 fully saturated rings. The van der Waals surface area contributed by atoms with E-state index in [9.17, 15) is 0 Å². The average Bonchev–Trinajstić information content (AvgIpc) is 3.02. The average molecular weight is 990 g/mol. The molecular weight excluding hydrogens is 964 g/mol. The molecule has 0 radical (unpaired) electrons. The van der Waals surface area contributed by atoms with E-state index in [1.54, 1.807) is 0 Å². The lowest BCUT2D eigenvalue weighted by atomic mass is 9.49. The Bertz CT molecular complexity index is 1810. The third-order valence-corrected chi connectivity index (χ3v) is 12.6. The van der Waals surface area contributed by atoms with Gasteiger partial charge in [-0.05, 0) is 172 Å². The summed E-state index contributed by atoms with van der Waals surface area (Å²) in [5, 5.41) is 0. The Balaban J connectivity index is 1.78. The maximum atomic E-state index is 2.57. The van der Waals surface area contributed by atoms with Crippen LogP contribution in [0.5, 0.6) is 0 Å². The summed E-state index contributed by atoms with van der Waals surface area (Å²) < 4.78 is 5.15. The largest absolute Gasteiger partial charge is 0.0839 e. The zero-order chi connectivity index (χ0) is 28.9. The molecule has 0 amide bonds. The minimum atomic E-state index is -0.456. The first-order valence-corrected chi connectivity index (χ1v) is 18.3. The van der Waals surface area contributed by atoms with Gasteiger partial charge in [0.25, 0.3) is 0 Å². The zero-order valence-electron chi connectivity index (χ0n) is 22.6. The monoisotopic (exact) mass is 990 g/mol. The molecule has 4 heteroatoms. The molecule has 0 aromatic heterocycles. The van der Waals surface area contributed by atoms with Gasteiger partial charge in [-0.1, -0.05) is 109 Å². The number of allylic oxidation sites excluding steroid dienone is 4. The molecule has 0 atom stereocenters. The van der Waals surface area contributed by atoms with Crippen molar-refractivity contribution in [2.45, 2.75) is 23.7 Å². The molecule has 0 heterocycles. The number of hydrogen-bond acceptors (Lipinski definition) is 0. The summed E-state index contributed by atoms with van der Waals surface area (Å²) >= 11 is 10.3. The molecule has 0 spiro atoms. The normalized spacial score (nSPS) is 16.6. The van der Waals surface area contributed by atoms with E-state index in [2.05, 4.69) is 224 Å². The van der Waals surface area contributed by atoms with E-state index in [1.165, 1.54) is 58.8 Å². The van der Waals surface area contributed by atoms with Crippen molar-refractivity contribution in [1.29, 1.82) is 0 Å². The lowest BCUT2D eigenvalue weighted by Crippen LogP contribution is -2.47. The third-order valence-electron chi connectivity index (χ3n) is 8.87. The van der Waals surface area contributed by atoms with Crippen molar-refractivity contribution >= 4 is 90.4 Å². The van der Waals surface area contributed by atoms with Gasteiger partial charge in [0.1, 0.15) is 0 Å². The maximum Gasteiger partial charge on any atom is 0.0725 e. The third kappa shape index (κ3) is 4.28. The second kappa shape index (κ2) is 11.8. The second-order valence-corrected chi connectivity index (χ2v) is 15.4. The van der Waals surface area contributed by atoms with Crippen molar-refractivity contribution in [1.82, 2.24) is 0 Å². The van der Waals surface area contributed by atoms with Crippen molar-refractivity contribution in [2.75, 3.05) is 0 Å². The lowest BCUT2D eigenvalue weighted by Gasteiger charge is -2.53. The highest BCUT2D eigenvalue weighted by atomic mass is 127. The summed E-state index contributed by atoms with van der Waals surface area (Å²) in [7, 11) is 0. The molecule has 5 aromatic rings. The Morgan fingerprint density at radius 3 is 1.14 bits per heavy atom. The predicted molar refractivity (Wildman–Crippen MR) is 208 cm³/mol. The quantitative estimate of drug-likeness (QED) is 0.157. The van der Waals surface area contributed by atoms with E-state index in [-0.39, 0.29) is 0 Å². The van der Waals surface area contributed by atoms with E-state index in [1.807, 2.05) is 0 Å². The van der Waals surface area contributed by atoms with Crippen LogP contribution >= 0.6 is 90.4 Å². The van der Waals surface area contributed by atoms with E-state index in [4.69, 9.17) is 0 Å². The molecule has 0 nitrogen and oxygen atoms in total. The molecule has 0 unspecified atom stereocenters. The Kier molecular flexibility index (Phi) is 8.20. The summed E-state index contributed by atoms with van der Waals surface area (Å²) in [6.45, 7) is 0. The minimum absolute atomic E-state index is 0.420. The maximum absolute atomic E-state index is 2.57. The van der Waals surface area contributed by atoms with Gasteiger partial charge in [0.05, 0.1) is 10.8 Å². The van der Waals surface area contributed by atoms with E-state index in [0.717, 1.165) is 12.8 Å².